The van der Waals surface area contributed by atoms with Gasteiger partial charge in [0.15, 0.2) is 0 Å². The van der Waals surface area contributed by atoms with Gasteiger partial charge in [-0.25, -0.2) is 9.59 Å². The van der Waals surface area contributed by atoms with Gasteiger partial charge in [-0.2, -0.15) is 0 Å². The number of carboxylic acids is 1. The number of nitro benzene ring substituents is 1. The van der Waals surface area contributed by atoms with Crippen molar-refractivity contribution in [2.45, 2.75) is 17.7 Å². The first kappa shape index (κ1) is 20.4. The Morgan fingerprint density at radius 2 is 2.22 bits per heavy atom. The molecule has 1 aromatic rings. The number of non-ortho nitro benzene ring substituents is 1. The number of carbonyl (C=O) groups is 3. The SMILES string of the molecule is C=CCOC(=O)S[C@@H]1CN[C@H](C(=O)Nc2cc([N+](=O)[O-])ccc2C(=O)O)C1. The Kier molecular flexibility index (Phi) is 6.91. The monoisotopic (exact) mass is 395 g/mol. The second kappa shape index (κ2) is 9.14. The standard InChI is InChI=1S/C16H17N3O7S/c1-2-5-26-16(23)27-10-7-13(17-8-10)14(20)18-12-6-9(19(24)25)3-4-11(12)15(21)22/h2-4,6,10,13,17H,1,5,7-8H2,(H,18,20)(H,21,22)/t10-,13-/m0/s1. The summed E-state index contributed by atoms with van der Waals surface area (Å²) in [6.07, 6.45) is 1.76. The molecule has 1 amide bonds. The lowest BCUT2D eigenvalue weighted by Gasteiger charge is -2.13. The van der Waals surface area contributed by atoms with Gasteiger partial charge in [0.1, 0.15) is 6.61 Å². The minimum Gasteiger partial charge on any atom is -0.478 e. The summed E-state index contributed by atoms with van der Waals surface area (Å²) >= 11 is 0.954. The van der Waals surface area contributed by atoms with Crippen molar-refractivity contribution in [3.63, 3.8) is 0 Å². The third kappa shape index (κ3) is 5.53. The van der Waals surface area contributed by atoms with Gasteiger partial charge in [0.05, 0.1) is 22.2 Å². The van der Waals surface area contributed by atoms with Gasteiger partial charge in [-0.05, 0) is 24.2 Å². The number of anilines is 1. The zero-order valence-electron chi connectivity index (χ0n) is 14.0. The Balaban J connectivity index is 2.02. The van der Waals surface area contributed by atoms with Gasteiger partial charge in [0.2, 0.25) is 5.91 Å². The Hall–Kier alpha value is -2.92. The van der Waals surface area contributed by atoms with E-state index in [0.717, 1.165) is 30.0 Å². The summed E-state index contributed by atoms with van der Waals surface area (Å²) in [6, 6.07) is 2.44. The molecule has 1 aromatic carbocycles. The van der Waals surface area contributed by atoms with E-state index in [4.69, 9.17) is 4.74 Å². The van der Waals surface area contributed by atoms with E-state index in [1.54, 1.807) is 0 Å². The highest BCUT2D eigenvalue weighted by Gasteiger charge is 2.32. The number of thioether (sulfide) groups is 1. The molecule has 0 saturated carbocycles. The molecule has 0 aromatic heterocycles. The van der Waals surface area contributed by atoms with Crippen molar-refractivity contribution >= 4 is 40.3 Å². The van der Waals surface area contributed by atoms with Gasteiger partial charge in [0.25, 0.3) is 5.69 Å². The molecule has 11 heteroatoms. The van der Waals surface area contributed by atoms with Crippen LogP contribution in [0.2, 0.25) is 0 Å². The molecule has 1 fully saturated rings. The minimum atomic E-state index is -1.32. The van der Waals surface area contributed by atoms with Gasteiger partial charge >= 0.3 is 11.3 Å². The topological polar surface area (TPSA) is 148 Å². The Labute approximate surface area is 158 Å². The van der Waals surface area contributed by atoms with Crippen molar-refractivity contribution < 1.29 is 29.2 Å². The van der Waals surface area contributed by atoms with Crippen LogP contribution < -0.4 is 10.6 Å². The molecule has 0 bridgehead atoms. The first-order valence-electron chi connectivity index (χ1n) is 7.82. The van der Waals surface area contributed by atoms with Crippen LogP contribution in [-0.4, -0.2) is 51.7 Å². The van der Waals surface area contributed by atoms with E-state index in [0.29, 0.717) is 13.0 Å². The van der Waals surface area contributed by atoms with Gasteiger partial charge < -0.3 is 20.5 Å². The third-order valence-electron chi connectivity index (χ3n) is 3.69. The summed E-state index contributed by atoms with van der Waals surface area (Å²) in [6.45, 7) is 3.92. The van der Waals surface area contributed by atoms with E-state index in [1.165, 1.54) is 6.08 Å². The summed E-state index contributed by atoms with van der Waals surface area (Å²) in [7, 11) is 0. The van der Waals surface area contributed by atoms with Crippen molar-refractivity contribution in [2.24, 2.45) is 0 Å². The normalized spacial score (nSPS) is 18.5. The van der Waals surface area contributed by atoms with E-state index >= 15 is 0 Å². The molecule has 0 spiro atoms. The second-order valence-corrected chi connectivity index (χ2v) is 6.80. The minimum absolute atomic E-state index is 0.0979. The zero-order valence-corrected chi connectivity index (χ0v) is 14.9. The Morgan fingerprint density at radius 3 is 2.85 bits per heavy atom. The van der Waals surface area contributed by atoms with Crippen LogP contribution in [0.25, 0.3) is 0 Å². The molecule has 1 aliphatic heterocycles. The second-order valence-electron chi connectivity index (χ2n) is 5.57. The van der Waals surface area contributed by atoms with Crippen LogP contribution >= 0.6 is 11.8 Å². The average molecular weight is 395 g/mol. The molecule has 1 heterocycles. The van der Waals surface area contributed by atoms with Crippen LogP contribution in [0.15, 0.2) is 30.9 Å². The highest BCUT2D eigenvalue weighted by Crippen LogP contribution is 2.26. The summed E-state index contributed by atoms with van der Waals surface area (Å²) < 4.78 is 4.87. The number of carbonyl (C=O) groups excluding carboxylic acids is 2. The van der Waals surface area contributed by atoms with Crippen LogP contribution in [0.4, 0.5) is 16.2 Å². The first-order valence-corrected chi connectivity index (χ1v) is 8.70. The fourth-order valence-corrected chi connectivity index (χ4v) is 3.32. The number of hydrogen-bond acceptors (Lipinski definition) is 8. The van der Waals surface area contributed by atoms with Crippen molar-refractivity contribution in [3.8, 4) is 0 Å². The summed E-state index contributed by atoms with van der Waals surface area (Å²) in [5.41, 5.74) is -0.760. The molecule has 0 aliphatic carbocycles. The molecule has 2 rings (SSSR count). The number of nitrogens with one attached hydrogen (secondary N) is 2. The predicted molar refractivity (Wildman–Crippen MR) is 98.0 cm³/mol. The van der Waals surface area contributed by atoms with E-state index in [9.17, 15) is 29.6 Å². The quantitative estimate of drug-likeness (QED) is 0.273. The van der Waals surface area contributed by atoms with Crippen LogP contribution in [0.5, 0.6) is 0 Å². The molecule has 0 radical (unpaired) electrons. The number of hydrogen-bond donors (Lipinski definition) is 3. The number of amides is 1. The Bertz CT molecular complexity index is 783. The van der Waals surface area contributed by atoms with Crippen molar-refractivity contribution in [3.05, 3.63) is 46.5 Å². The number of ether oxygens (including phenoxy) is 1. The summed E-state index contributed by atoms with van der Waals surface area (Å²) in [4.78, 5) is 45.4. The maximum atomic E-state index is 12.4. The highest BCUT2D eigenvalue weighted by atomic mass is 32.2. The Morgan fingerprint density at radius 1 is 1.48 bits per heavy atom. The fourth-order valence-electron chi connectivity index (χ4n) is 2.45. The molecule has 0 unspecified atom stereocenters. The van der Waals surface area contributed by atoms with Crippen LogP contribution in [-0.2, 0) is 9.53 Å². The molecule has 10 nitrogen and oxygen atoms in total. The third-order valence-corrected chi connectivity index (χ3v) is 4.69. The lowest BCUT2D eigenvalue weighted by atomic mass is 10.1. The number of nitro groups is 1. The fraction of sp³-hybridized carbons (Fsp3) is 0.312. The summed E-state index contributed by atoms with van der Waals surface area (Å²) in [5, 5.41) is 24.7. The van der Waals surface area contributed by atoms with Gasteiger partial charge in [-0.1, -0.05) is 12.7 Å². The number of aromatic carboxylic acids is 1. The van der Waals surface area contributed by atoms with Gasteiger partial charge in [-0.15, -0.1) is 0 Å². The smallest absolute Gasteiger partial charge is 0.367 e. The largest absolute Gasteiger partial charge is 0.478 e. The molecule has 144 valence electrons. The highest BCUT2D eigenvalue weighted by molar-refractivity contribution is 8.13. The number of rotatable bonds is 7. The van der Waals surface area contributed by atoms with E-state index in [1.807, 2.05) is 0 Å². The van der Waals surface area contributed by atoms with Crippen LogP contribution in [0.3, 0.4) is 0 Å². The molecular formula is C16H17N3O7S. The van der Waals surface area contributed by atoms with Gasteiger partial charge in [-0.3, -0.25) is 14.9 Å². The van der Waals surface area contributed by atoms with Crippen molar-refractivity contribution in [1.82, 2.24) is 5.32 Å². The van der Waals surface area contributed by atoms with E-state index < -0.39 is 28.1 Å². The molecular weight excluding hydrogens is 378 g/mol. The van der Waals surface area contributed by atoms with Crippen molar-refractivity contribution in [2.75, 3.05) is 18.5 Å². The molecule has 27 heavy (non-hydrogen) atoms. The van der Waals surface area contributed by atoms with Crippen molar-refractivity contribution in [1.29, 1.82) is 0 Å². The molecule has 1 aliphatic rings. The number of nitrogens with zero attached hydrogens (tertiary/aromatic N) is 1. The van der Waals surface area contributed by atoms with E-state index in [2.05, 4.69) is 17.2 Å². The molecule has 3 N–H and O–H groups in total. The van der Waals surface area contributed by atoms with Gasteiger partial charge in [0, 0.05) is 23.9 Å². The first-order chi connectivity index (χ1) is 12.8. The lowest BCUT2D eigenvalue weighted by molar-refractivity contribution is -0.384. The number of benzene rings is 1. The lowest BCUT2D eigenvalue weighted by Crippen LogP contribution is -2.35. The van der Waals surface area contributed by atoms with Crippen LogP contribution in [0, 0.1) is 10.1 Å². The maximum absolute atomic E-state index is 12.4. The number of carboxylic acid groups (broad SMARTS) is 1. The molecule has 2 atom stereocenters. The van der Waals surface area contributed by atoms with Crippen LogP contribution in [0.1, 0.15) is 16.8 Å². The zero-order chi connectivity index (χ0) is 20.0. The summed E-state index contributed by atoms with van der Waals surface area (Å²) in [5.74, 6) is -1.86. The maximum Gasteiger partial charge on any atom is 0.367 e. The average Bonchev–Trinajstić information content (AvgIpc) is 3.08. The predicted octanol–water partition coefficient (Wildman–Crippen LogP) is 2.02. The molecule has 1 saturated heterocycles. The van der Waals surface area contributed by atoms with E-state index in [-0.39, 0.29) is 28.8 Å².